The maximum atomic E-state index is 12.6. The molecule has 2 aliphatic heterocycles. The van der Waals surface area contributed by atoms with Crippen molar-refractivity contribution < 1.29 is 13.2 Å². The Morgan fingerprint density at radius 2 is 1.84 bits per heavy atom. The minimum absolute atomic E-state index is 0.138. The molecule has 0 N–H and O–H groups in total. The summed E-state index contributed by atoms with van der Waals surface area (Å²) in [5, 5.41) is 0. The van der Waals surface area contributed by atoms with E-state index in [2.05, 4.69) is 16.7 Å². The number of hydrogen-bond donors (Lipinski definition) is 0. The molecule has 2 fully saturated rings. The highest BCUT2D eigenvalue weighted by Gasteiger charge is 2.34. The van der Waals surface area contributed by atoms with Gasteiger partial charge < -0.3 is 9.80 Å². The minimum atomic E-state index is -2.85. The third-order valence-electron chi connectivity index (χ3n) is 5.22. The Labute approximate surface area is 150 Å². The maximum absolute atomic E-state index is 12.6. The predicted molar refractivity (Wildman–Crippen MR) is 99.5 cm³/mol. The summed E-state index contributed by atoms with van der Waals surface area (Å²) < 4.78 is 23.3. The fourth-order valence-electron chi connectivity index (χ4n) is 3.69. The van der Waals surface area contributed by atoms with E-state index in [0.29, 0.717) is 25.4 Å². The Kier molecular flexibility index (Phi) is 5.64. The van der Waals surface area contributed by atoms with Gasteiger partial charge in [0.15, 0.2) is 9.84 Å². The number of para-hydroxylation sites is 1. The van der Waals surface area contributed by atoms with Crippen LogP contribution in [0.1, 0.15) is 13.3 Å². The smallest absolute Gasteiger partial charge is 0.242 e. The van der Waals surface area contributed by atoms with E-state index in [4.69, 9.17) is 0 Å². The maximum Gasteiger partial charge on any atom is 0.242 e. The summed E-state index contributed by atoms with van der Waals surface area (Å²) in [6.07, 6.45) is 0.730. The first kappa shape index (κ1) is 18.2. The van der Waals surface area contributed by atoms with Crippen molar-refractivity contribution in [3.63, 3.8) is 0 Å². The largest absolute Gasteiger partial charge is 0.362 e. The van der Waals surface area contributed by atoms with Crippen LogP contribution in [0.5, 0.6) is 0 Å². The molecule has 2 aliphatic rings. The molecule has 1 atom stereocenters. The van der Waals surface area contributed by atoms with Crippen LogP contribution in [0, 0.1) is 0 Å². The second kappa shape index (κ2) is 7.74. The molecule has 2 saturated heterocycles. The van der Waals surface area contributed by atoms with Gasteiger partial charge in [0.2, 0.25) is 5.91 Å². The lowest BCUT2D eigenvalue weighted by Gasteiger charge is -2.38. The Balaban J connectivity index is 1.51. The van der Waals surface area contributed by atoms with Crippen molar-refractivity contribution in [2.45, 2.75) is 19.4 Å². The first-order valence-corrected chi connectivity index (χ1v) is 10.8. The molecule has 0 aliphatic carbocycles. The summed E-state index contributed by atoms with van der Waals surface area (Å²) in [7, 11) is -2.85. The number of nitrogens with zero attached hydrogens (tertiary/aromatic N) is 3. The number of anilines is 1. The van der Waals surface area contributed by atoms with Crippen LogP contribution in [0.15, 0.2) is 30.3 Å². The lowest BCUT2D eigenvalue weighted by atomic mass is 10.2. The number of piperazine rings is 1. The third-order valence-corrected chi connectivity index (χ3v) is 6.97. The van der Waals surface area contributed by atoms with Crippen molar-refractivity contribution in [1.29, 1.82) is 0 Å². The van der Waals surface area contributed by atoms with Gasteiger partial charge in [0.05, 0.1) is 18.1 Å². The molecule has 1 aromatic carbocycles. The molecule has 2 heterocycles. The number of amides is 1. The summed E-state index contributed by atoms with van der Waals surface area (Å²) >= 11 is 0. The second-order valence-electron chi connectivity index (χ2n) is 6.82. The molecule has 6 nitrogen and oxygen atoms in total. The molecule has 0 spiro atoms. The van der Waals surface area contributed by atoms with Crippen LogP contribution in [-0.4, -0.2) is 80.9 Å². The lowest BCUT2D eigenvalue weighted by Crippen LogP contribution is -2.54. The van der Waals surface area contributed by atoms with Gasteiger partial charge in [0.25, 0.3) is 0 Å². The number of carbonyl (C=O) groups excluding carboxylic acids is 1. The monoisotopic (exact) mass is 365 g/mol. The molecule has 0 saturated carbocycles. The summed E-state index contributed by atoms with van der Waals surface area (Å²) in [6, 6.07) is 10.1. The van der Waals surface area contributed by atoms with E-state index in [9.17, 15) is 13.2 Å². The molecule has 138 valence electrons. The highest BCUT2D eigenvalue weighted by Crippen LogP contribution is 2.19. The zero-order valence-corrected chi connectivity index (χ0v) is 15.6. The molecule has 0 bridgehead atoms. The number of benzene rings is 1. The van der Waals surface area contributed by atoms with E-state index >= 15 is 0 Å². The van der Waals surface area contributed by atoms with Gasteiger partial charge in [-0.25, -0.2) is 8.42 Å². The topological polar surface area (TPSA) is 60.9 Å². The van der Waals surface area contributed by atoms with E-state index in [1.807, 2.05) is 35.2 Å². The van der Waals surface area contributed by atoms with Crippen molar-refractivity contribution in [3.8, 4) is 0 Å². The molecule has 7 heteroatoms. The van der Waals surface area contributed by atoms with Gasteiger partial charge in [-0.15, -0.1) is 0 Å². The number of rotatable bonds is 5. The van der Waals surface area contributed by atoms with Crippen molar-refractivity contribution in [2.24, 2.45) is 0 Å². The third kappa shape index (κ3) is 4.52. The summed E-state index contributed by atoms with van der Waals surface area (Å²) in [6.45, 7) is 6.13. The predicted octanol–water partition coefficient (Wildman–Crippen LogP) is 0.844. The van der Waals surface area contributed by atoms with E-state index in [0.717, 1.165) is 31.7 Å². The Morgan fingerprint density at radius 1 is 1.16 bits per heavy atom. The van der Waals surface area contributed by atoms with Crippen molar-refractivity contribution >= 4 is 21.4 Å². The normalized spacial score (nSPS) is 23.6. The molecular formula is C18H27N3O3S. The van der Waals surface area contributed by atoms with Gasteiger partial charge in [0, 0.05) is 44.5 Å². The summed E-state index contributed by atoms with van der Waals surface area (Å²) in [5.41, 5.74) is 1.06. The average Bonchev–Trinajstić information content (AvgIpc) is 3.00. The van der Waals surface area contributed by atoms with Crippen LogP contribution in [0.4, 0.5) is 5.69 Å². The second-order valence-corrected chi connectivity index (χ2v) is 9.05. The van der Waals surface area contributed by atoms with Crippen LogP contribution in [0.25, 0.3) is 0 Å². The van der Waals surface area contributed by atoms with Crippen LogP contribution < -0.4 is 4.90 Å². The fourth-order valence-corrected chi connectivity index (χ4v) is 5.45. The number of likely N-dealkylation sites (N-methyl/N-ethyl adjacent to an activating group) is 1. The zero-order chi connectivity index (χ0) is 17.9. The number of carbonyl (C=O) groups is 1. The SMILES string of the molecule is CCN(CC(=O)N1CCN(C2CCS(=O)(=O)C2)CC1)c1ccccc1. The van der Waals surface area contributed by atoms with Crippen LogP contribution in [-0.2, 0) is 14.6 Å². The average molecular weight is 365 g/mol. The quantitative estimate of drug-likeness (QED) is 0.774. The van der Waals surface area contributed by atoms with E-state index in [1.165, 1.54) is 0 Å². The van der Waals surface area contributed by atoms with Gasteiger partial charge in [0.1, 0.15) is 0 Å². The standard InChI is InChI=1S/C18H27N3O3S/c1-2-19(16-6-4-3-5-7-16)14-18(22)21-11-9-20(10-12-21)17-8-13-25(23,24)15-17/h3-7,17H,2,8-15H2,1H3. The Hall–Kier alpha value is -1.60. The van der Waals surface area contributed by atoms with Gasteiger partial charge in [-0.3, -0.25) is 9.69 Å². The van der Waals surface area contributed by atoms with Crippen molar-refractivity contribution in [3.05, 3.63) is 30.3 Å². The van der Waals surface area contributed by atoms with E-state index in [-0.39, 0.29) is 17.7 Å². The highest BCUT2D eigenvalue weighted by atomic mass is 32.2. The highest BCUT2D eigenvalue weighted by molar-refractivity contribution is 7.91. The van der Waals surface area contributed by atoms with E-state index < -0.39 is 9.84 Å². The van der Waals surface area contributed by atoms with E-state index in [1.54, 1.807) is 0 Å². The first-order chi connectivity index (χ1) is 12.0. The number of hydrogen-bond acceptors (Lipinski definition) is 5. The summed E-state index contributed by atoms with van der Waals surface area (Å²) in [5.74, 6) is 0.724. The van der Waals surface area contributed by atoms with Crippen LogP contribution in [0.3, 0.4) is 0 Å². The lowest BCUT2D eigenvalue weighted by molar-refractivity contribution is -0.131. The van der Waals surface area contributed by atoms with Crippen molar-refractivity contribution in [1.82, 2.24) is 9.80 Å². The van der Waals surface area contributed by atoms with Gasteiger partial charge >= 0.3 is 0 Å². The molecule has 1 amide bonds. The molecule has 25 heavy (non-hydrogen) atoms. The van der Waals surface area contributed by atoms with Gasteiger partial charge in [-0.1, -0.05) is 18.2 Å². The summed E-state index contributed by atoms with van der Waals surface area (Å²) in [4.78, 5) is 18.9. The van der Waals surface area contributed by atoms with Crippen LogP contribution in [0.2, 0.25) is 0 Å². The van der Waals surface area contributed by atoms with Crippen LogP contribution >= 0.6 is 0 Å². The van der Waals surface area contributed by atoms with Gasteiger partial charge in [-0.2, -0.15) is 0 Å². The molecule has 3 rings (SSSR count). The zero-order valence-electron chi connectivity index (χ0n) is 14.8. The minimum Gasteiger partial charge on any atom is -0.362 e. The first-order valence-electron chi connectivity index (χ1n) is 9.01. The van der Waals surface area contributed by atoms with Crippen molar-refractivity contribution in [2.75, 3.05) is 55.7 Å². The Morgan fingerprint density at radius 3 is 2.40 bits per heavy atom. The van der Waals surface area contributed by atoms with Gasteiger partial charge in [-0.05, 0) is 25.5 Å². The molecular weight excluding hydrogens is 338 g/mol. The molecule has 0 radical (unpaired) electrons. The molecule has 0 aromatic heterocycles. The number of sulfone groups is 1. The molecule has 1 unspecified atom stereocenters. The molecule has 1 aromatic rings. The Bertz CT molecular complexity index is 685. The fraction of sp³-hybridized carbons (Fsp3) is 0.611.